The first-order valence-electron chi connectivity index (χ1n) is 11.0. The molecule has 0 aliphatic carbocycles. The number of esters is 2. The van der Waals surface area contributed by atoms with Gasteiger partial charge in [0.25, 0.3) is 5.91 Å². The second-order valence-corrected chi connectivity index (χ2v) is 7.94. The maximum Gasteiger partial charge on any atom is 0.328 e. The lowest BCUT2D eigenvalue weighted by Gasteiger charge is -2.18. The third kappa shape index (κ3) is 5.19. The van der Waals surface area contributed by atoms with E-state index < -0.39 is 35.6 Å². The van der Waals surface area contributed by atoms with Crippen LogP contribution in [0.25, 0.3) is 5.57 Å². The summed E-state index contributed by atoms with van der Waals surface area (Å²) in [5, 5.41) is 2.67. The Morgan fingerprint density at radius 1 is 0.886 bits per heavy atom. The summed E-state index contributed by atoms with van der Waals surface area (Å²) in [6.45, 7) is 0. The molecule has 4 rings (SSSR count). The Hall–Kier alpha value is -4.52. The van der Waals surface area contributed by atoms with E-state index in [9.17, 15) is 19.2 Å². The van der Waals surface area contributed by atoms with Crippen molar-refractivity contribution in [1.82, 2.24) is 5.32 Å². The number of cyclic esters (lactones) is 1. The van der Waals surface area contributed by atoms with E-state index in [4.69, 9.17) is 9.47 Å². The summed E-state index contributed by atoms with van der Waals surface area (Å²) in [4.78, 5) is 52.0. The molecule has 3 aromatic carbocycles. The molecule has 2 atom stereocenters. The quantitative estimate of drug-likeness (QED) is 0.324. The van der Waals surface area contributed by atoms with Gasteiger partial charge in [-0.15, -0.1) is 0 Å². The van der Waals surface area contributed by atoms with Gasteiger partial charge in [0.2, 0.25) is 5.78 Å². The Kier molecular flexibility index (Phi) is 7.16. The predicted octanol–water partition coefficient (Wildman–Crippen LogP) is 3.21. The van der Waals surface area contributed by atoms with Gasteiger partial charge >= 0.3 is 11.9 Å². The Balaban J connectivity index is 1.72. The third-order valence-electron chi connectivity index (χ3n) is 5.65. The van der Waals surface area contributed by atoms with E-state index >= 15 is 0 Å². The number of carbonyl (C=O) groups is 4. The smallest absolute Gasteiger partial charge is 0.328 e. The standard InChI is InChI=1S/C28H23NO6/c1-34-27(32)21(17-18-11-5-2-6-12-18)29-26(31)23(20-15-9-4-10-16-20)25-24(30)22(28(33)35-25)19-13-7-3-8-14-19/h2-16,21-22H,17H2,1H3,(H,29,31). The van der Waals surface area contributed by atoms with Gasteiger partial charge in [-0.1, -0.05) is 91.0 Å². The van der Waals surface area contributed by atoms with Crippen molar-refractivity contribution in [2.45, 2.75) is 18.4 Å². The van der Waals surface area contributed by atoms with E-state index in [0.717, 1.165) is 5.56 Å². The minimum Gasteiger partial charge on any atom is -0.467 e. The number of rotatable bonds is 7. The molecule has 2 unspecified atom stereocenters. The third-order valence-corrected chi connectivity index (χ3v) is 5.65. The SMILES string of the molecule is COC(=O)C(Cc1ccccc1)NC(=O)C(=C1OC(=O)C(c2ccccc2)C1=O)c1ccccc1. The van der Waals surface area contributed by atoms with Crippen LogP contribution in [0.5, 0.6) is 0 Å². The van der Waals surface area contributed by atoms with Crippen LogP contribution in [0.2, 0.25) is 0 Å². The van der Waals surface area contributed by atoms with Gasteiger partial charge in [-0.05, 0) is 16.7 Å². The highest BCUT2D eigenvalue weighted by Gasteiger charge is 2.44. The van der Waals surface area contributed by atoms with Gasteiger partial charge in [0.1, 0.15) is 12.0 Å². The number of Topliss-reactive ketones (excluding diaryl/α,β-unsaturated/α-hetero) is 1. The van der Waals surface area contributed by atoms with Gasteiger partial charge in [0, 0.05) is 6.42 Å². The van der Waals surface area contributed by atoms with Crippen molar-refractivity contribution in [2.24, 2.45) is 0 Å². The lowest BCUT2D eigenvalue weighted by Crippen LogP contribution is -2.43. The summed E-state index contributed by atoms with van der Waals surface area (Å²) in [7, 11) is 1.23. The number of benzene rings is 3. The summed E-state index contributed by atoms with van der Waals surface area (Å²) < 4.78 is 10.3. The van der Waals surface area contributed by atoms with E-state index in [-0.39, 0.29) is 17.8 Å². The van der Waals surface area contributed by atoms with Crippen LogP contribution in [0.1, 0.15) is 22.6 Å². The van der Waals surface area contributed by atoms with Crippen molar-refractivity contribution in [2.75, 3.05) is 7.11 Å². The molecule has 0 spiro atoms. The summed E-state index contributed by atoms with van der Waals surface area (Å²) >= 11 is 0. The van der Waals surface area contributed by atoms with Crippen molar-refractivity contribution < 1.29 is 28.7 Å². The zero-order chi connectivity index (χ0) is 24.8. The van der Waals surface area contributed by atoms with E-state index in [1.807, 2.05) is 30.3 Å². The summed E-state index contributed by atoms with van der Waals surface area (Å²) in [5.41, 5.74) is 1.54. The first-order valence-corrected chi connectivity index (χ1v) is 11.0. The van der Waals surface area contributed by atoms with Crippen LogP contribution in [0.3, 0.4) is 0 Å². The molecule has 0 radical (unpaired) electrons. The Labute approximate surface area is 202 Å². The molecule has 1 saturated heterocycles. The number of ketones is 1. The van der Waals surface area contributed by atoms with E-state index in [2.05, 4.69) is 5.32 Å². The largest absolute Gasteiger partial charge is 0.467 e. The van der Waals surface area contributed by atoms with Crippen LogP contribution in [-0.4, -0.2) is 36.8 Å². The van der Waals surface area contributed by atoms with Gasteiger partial charge in [-0.3, -0.25) is 14.4 Å². The summed E-state index contributed by atoms with van der Waals surface area (Å²) in [6.07, 6.45) is 0.178. The molecule has 7 nitrogen and oxygen atoms in total. The monoisotopic (exact) mass is 469 g/mol. The van der Waals surface area contributed by atoms with E-state index in [1.165, 1.54) is 7.11 Å². The first-order chi connectivity index (χ1) is 17.0. The highest BCUT2D eigenvalue weighted by molar-refractivity contribution is 6.30. The lowest BCUT2D eigenvalue weighted by atomic mass is 9.93. The van der Waals surface area contributed by atoms with Gasteiger partial charge in [0.15, 0.2) is 5.76 Å². The van der Waals surface area contributed by atoms with Crippen LogP contribution in [-0.2, 0) is 35.1 Å². The van der Waals surface area contributed by atoms with Gasteiger partial charge in [-0.2, -0.15) is 0 Å². The molecule has 0 aromatic heterocycles. The zero-order valence-corrected chi connectivity index (χ0v) is 19.0. The van der Waals surface area contributed by atoms with E-state index in [1.54, 1.807) is 60.7 Å². The molecule has 3 aromatic rings. The van der Waals surface area contributed by atoms with Crippen molar-refractivity contribution >= 4 is 29.2 Å². The number of hydrogen-bond donors (Lipinski definition) is 1. The number of methoxy groups -OCH3 is 1. The average Bonchev–Trinajstić information content (AvgIpc) is 3.18. The molecule has 176 valence electrons. The average molecular weight is 469 g/mol. The fourth-order valence-corrected chi connectivity index (χ4v) is 3.94. The molecule has 1 aliphatic heterocycles. The summed E-state index contributed by atoms with van der Waals surface area (Å²) in [5.74, 6) is -4.27. The molecule has 1 fully saturated rings. The second kappa shape index (κ2) is 10.6. The molecular weight excluding hydrogens is 446 g/mol. The number of allylic oxidation sites excluding steroid dienone is 1. The van der Waals surface area contributed by atoms with Crippen LogP contribution < -0.4 is 5.32 Å². The fourth-order valence-electron chi connectivity index (χ4n) is 3.94. The predicted molar refractivity (Wildman–Crippen MR) is 128 cm³/mol. The number of carbonyl (C=O) groups excluding carboxylic acids is 4. The van der Waals surface area contributed by atoms with E-state index in [0.29, 0.717) is 11.1 Å². The van der Waals surface area contributed by atoms with Gasteiger partial charge in [-0.25, -0.2) is 4.79 Å². The Morgan fingerprint density at radius 3 is 2.06 bits per heavy atom. The first kappa shape index (κ1) is 23.6. The number of nitrogens with one attached hydrogen (secondary N) is 1. The molecule has 7 heteroatoms. The molecule has 1 heterocycles. The lowest BCUT2D eigenvalue weighted by molar-refractivity contribution is -0.144. The molecule has 0 saturated carbocycles. The molecule has 0 bridgehead atoms. The molecule has 1 aliphatic rings. The molecule has 35 heavy (non-hydrogen) atoms. The second-order valence-electron chi connectivity index (χ2n) is 7.94. The number of hydrogen-bond acceptors (Lipinski definition) is 6. The Bertz CT molecular complexity index is 1270. The normalized spacial score (nSPS) is 17.3. The maximum absolute atomic E-state index is 13.5. The zero-order valence-electron chi connectivity index (χ0n) is 19.0. The number of amides is 1. The van der Waals surface area contributed by atoms with Gasteiger partial charge in [0.05, 0.1) is 12.7 Å². The Morgan fingerprint density at radius 2 is 1.46 bits per heavy atom. The minimum absolute atomic E-state index is 0.121. The van der Waals surface area contributed by atoms with Crippen LogP contribution in [0.4, 0.5) is 0 Å². The van der Waals surface area contributed by atoms with Crippen molar-refractivity contribution in [3.05, 3.63) is 113 Å². The highest BCUT2D eigenvalue weighted by atomic mass is 16.6. The van der Waals surface area contributed by atoms with Gasteiger partial charge < -0.3 is 14.8 Å². The summed E-state index contributed by atoms with van der Waals surface area (Å²) in [6, 6.07) is 25.0. The number of ether oxygens (including phenoxy) is 2. The molecule has 1 N–H and O–H groups in total. The van der Waals surface area contributed by atoms with Crippen molar-refractivity contribution in [3.8, 4) is 0 Å². The van der Waals surface area contributed by atoms with Crippen molar-refractivity contribution in [3.63, 3.8) is 0 Å². The fraction of sp³-hybridized carbons (Fsp3) is 0.143. The minimum atomic E-state index is -1.17. The molecule has 1 amide bonds. The van der Waals surface area contributed by atoms with Crippen LogP contribution in [0.15, 0.2) is 96.8 Å². The highest BCUT2D eigenvalue weighted by Crippen LogP contribution is 2.34. The topological polar surface area (TPSA) is 98.8 Å². The van der Waals surface area contributed by atoms with Crippen molar-refractivity contribution in [1.29, 1.82) is 0 Å². The van der Waals surface area contributed by atoms with Crippen LogP contribution >= 0.6 is 0 Å². The van der Waals surface area contributed by atoms with Crippen LogP contribution in [0, 0.1) is 0 Å². The molecular formula is C28H23NO6. The maximum atomic E-state index is 13.5.